The van der Waals surface area contributed by atoms with E-state index in [0.717, 1.165) is 5.56 Å². The van der Waals surface area contributed by atoms with E-state index in [1.54, 1.807) is 31.2 Å². The predicted molar refractivity (Wildman–Crippen MR) is 96.0 cm³/mol. The minimum Gasteiger partial charge on any atom is -0.493 e. The average molecular weight is 368 g/mol. The zero-order chi connectivity index (χ0) is 19.4. The van der Waals surface area contributed by atoms with Gasteiger partial charge in [-0.2, -0.15) is 10.2 Å². The summed E-state index contributed by atoms with van der Waals surface area (Å²) < 4.78 is 29.7. The van der Waals surface area contributed by atoms with Gasteiger partial charge in [0, 0.05) is 29.8 Å². The fourth-order valence-corrected chi connectivity index (χ4v) is 2.57. The molecule has 0 saturated carbocycles. The number of aryl methyl sites for hydroxylation is 1. The van der Waals surface area contributed by atoms with E-state index in [9.17, 15) is 9.65 Å². The van der Waals surface area contributed by atoms with E-state index >= 15 is 0 Å². The summed E-state index contributed by atoms with van der Waals surface area (Å²) in [6, 6.07) is 10.9. The Bertz CT molecular complexity index is 980. The Kier molecular flexibility index (Phi) is 5.22. The fourth-order valence-electron chi connectivity index (χ4n) is 2.57. The first-order chi connectivity index (χ1) is 13.0. The Morgan fingerprint density at radius 2 is 1.81 bits per heavy atom. The van der Waals surface area contributed by atoms with Crippen LogP contribution in [0.25, 0.3) is 11.4 Å². The van der Waals surface area contributed by atoms with Crippen molar-refractivity contribution in [1.29, 1.82) is 5.26 Å². The fraction of sp³-hybridized carbons (Fsp3) is 0.211. The van der Waals surface area contributed by atoms with Gasteiger partial charge in [0.05, 0.1) is 20.3 Å². The summed E-state index contributed by atoms with van der Waals surface area (Å²) in [5.41, 5.74) is 1.57. The van der Waals surface area contributed by atoms with Gasteiger partial charge in [-0.1, -0.05) is 5.16 Å². The van der Waals surface area contributed by atoms with Crippen molar-refractivity contribution in [1.82, 2.24) is 10.1 Å². The number of hydrogen-bond acceptors (Lipinski definition) is 7. The van der Waals surface area contributed by atoms with Gasteiger partial charge in [-0.05, 0) is 30.3 Å². The molecule has 0 aliphatic rings. The molecule has 0 saturated heterocycles. The number of halogens is 1. The molecule has 0 spiro atoms. The standard InChI is InChI=1S/C19H17FN4O3/c1-11-22-19(24-27-11)12-4-6-13(7-5-12)23-16(10-21)14-8-17(25-2)18(26-3)9-15(14)20/h4-9,16,23H,1-3H3. The Morgan fingerprint density at radius 3 is 2.37 bits per heavy atom. The lowest BCUT2D eigenvalue weighted by Gasteiger charge is -2.16. The highest BCUT2D eigenvalue weighted by atomic mass is 19.1. The minimum atomic E-state index is -0.914. The van der Waals surface area contributed by atoms with Crippen LogP contribution < -0.4 is 14.8 Å². The lowest BCUT2D eigenvalue weighted by molar-refractivity contribution is 0.351. The van der Waals surface area contributed by atoms with Crippen molar-refractivity contribution in [2.24, 2.45) is 0 Å². The Labute approximate surface area is 155 Å². The van der Waals surface area contributed by atoms with Crippen LogP contribution in [-0.4, -0.2) is 24.4 Å². The van der Waals surface area contributed by atoms with Crippen LogP contribution in [0.3, 0.4) is 0 Å². The highest BCUT2D eigenvalue weighted by molar-refractivity contribution is 5.60. The molecule has 1 heterocycles. The number of methoxy groups -OCH3 is 2. The highest BCUT2D eigenvalue weighted by Crippen LogP contribution is 2.33. The Hall–Kier alpha value is -3.60. The second kappa shape index (κ2) is 7.74. The molecule has 1 aromatic heterocycles. The van der Waals surface area contributed by atoms with Gasteiger partial charge in [0.15, 0.2) is 11.5 Å². The van der Waals surface area contributed by atoms with Crippen LogP contribution in [-0.2, 0) is 0 Å². The van der Waals surface area contributed by atoms with Gasteiger partial charge in [-0.15, -0.1) is 0 Å². The van der Waals surface area contributed by atoms with Gasteiger partial charge < -0.3 is 19.3 Å². The van der Waals surface area contributed by atoms with Crippen LogP contribution in [0.5, 0.6) is 11.5 Å². The number of hydrogen-bond donors (Lipinski definition) is 1. The molecule has 27 heavy (non-hydrogen) atoms. The van der Waals surface area contributed by atoms with Crippen molar-refractivity contribution in [3.05, 3.63) is 53.7 Å². The molecule has 3 rings (SSSR count). The van der Waals surface area contributed by atoms with E-state index in [0.29, 0.717) is 23.2 Å². The largest absolute Gasteiger partial charge is 0.493 e. The molecule has 3 aromatic rings. The van der Waals surface area contributed by atoms with Crippen LogP contribution in [0, 0.1) is 24.1 Å². The van der Waals surface area contributed by atoms with E-state index in [1.807, 2.05) is 0 Å². The minimum absolute atomic E-state index is 0.160. The normalized spacial score (nSPS) is 11.5. The van der Waals surface area contributed by atoms with Crippen molar-refractivity contribution in [2.45, 2.75) is 13.0 Å². The van der Waals surface area contributed by atoms with Crippen molar-refractivity contribution >= 4 is 5.69 Å². The maximum absolute atomic E-state index is 14.4. The lowest BCUT2D eigenvalue weighted by Crippen LogP contribution is -2.11. The molecule has 1 unspecified atom stereocenters. The number of benzene rings is 2. The van der Waals surface area contributed by atoms with Crippen LogP contribution in [0.2, 0.25) is 0 Å². The maximum atomic E-state index is 14.4. The quantitative estimate of drug-likeness (QED) is 0.706. The summed E-state index contributed by atoms with van der Waals surface area (Å²) in [4.78, 5) is 4.16. The molecule has 0 amide bonds. The molecule has 2 aromatic carbocycles. The van der Waals surface area contributed by atoms with Gasteiger partial charge in [-0.25, -0.2) is 4.39 Å². The average Bonchev–Trinajstić information content (AvgIpc) is 3.13. The molecule has 0 aliphatic heterocycles. The Balaban J connectivity index is 1.84. The van der Waals surface area contributed by atoms with Crippen LogP contribution in [0.1, 0.15) is 17.5 Å². The summed E-state index contributed by atoms with van der Waals surface area (Å²) >= 11 is 0. The van der Waals surface area contributed by atoms with Crippen molar-refractivity contribution in [3.63, 3.8) is 0 Å². The van der Waals surface area contributed by atoms with Gasteiger partial charge in [0.25, 0.3) is 0 Å². The number of aromatic nitrogens is 2. The number of anilines is 1. The van der Waals surface area contributed by atoms with Gasteiger partial charge in [0.1, 0.15) is 11.9 Å². The second-order valence-electron chi connectivity index (χ2n) is 5.65. The molecule has 8 heteroatoms. The zero-order valence-electron chi connectivity index (χ0n) is 15.0. The third kappa shape index (κ3) is 3.82. The topological polar surface area (TPSA) is 93.2 Å². The monoisotopic (exact) mass is 368 g/mol. The van der Waals surface area contributed by atoms with Crippen molar-refractivity contribution in [3.8, 4) is 29.0 Å². The van der Waals surface area contributed by atoms with Crippen LogP contribution in [0.15, 0.2) is 40.9 Å². The maximum Gasteiger partial charge on any atom is 0.223 e. The highest BCUT2D eigenvalue weighted by Gasteiger charge is 2.19. The summed E-state index contributed by atoms with van der Waals surface area (Å²) in [6.07, 6.45) is 0. The zero-order valence-corrected chi connectivity index (χ0v) is 15.0. The number of rotatable bonds is 6. The first-order valence-electron chi connectivity index (χ1n) is 8.04. The smallest absolute Gasteiger partial charge is 0.223 e. The first-order valence-corrected chi connectivity index (χ1v) is 8.04. The van der Waals surface area contributed by atoms with Gasteiger partial charge >= 0.3 is 0 Å². The number of nitriles is 1. The molecule has 1 N–H and O–H groups in total. The molecule has 0 aliphatic carbocycles. The Morgan fingerprint density at radius 1 is 1.15 bits per heavy atom. The third-order valence-corrected chi connectivity index (χ3v) is 3.92. The van der Waals surface area contributed by atoms with E-state index in [4.69, 9.17) is 14.0 Å². The van der Waals surface area contributed by atoms with Crippen molar-refractivity contribution in [2.75, 3.05) is 19.5 Å². The number of nitrogens with zero attached hydrogens (tertiary/aromatic N) is 3. The van der Waals surface area contributed by atoms with Crippen LogP contribution >= 0.6 is 0 Å². The predicted octanol–water partition coefficient (Wildman–Crippen LogP) is 3.88. The summed E-state index contributed by atoms with van der Waals surface area (Å²) in [5.74, 6) is 0.988. The van der Waals surface area contributed by atoms with Gasteiger partial charge in [-0.3, -0.25) is 0 Å². The number of nitrogens with one attached hydrogen (secondary N) is 1. The lowest BCUT2D eigenvalue weighted by atomic mass is 10.1. The van der Waals surface area contributed by atoms with Crippen molar-refractivity contribution < 1.29 is 18.4 Å². The summed E-state index contributed by atoms with van der Waals surface area (Å²) in [6.45, 7) is 1.71. The van der Waals surface area contributed by atoms with E-state index in [2.05, 4.69) is 21.5 Å². The second-order valence-corrected chi connectivity index (χ2v) is 5.65. The number of ether oxygens (including phenoxy) is 2. The molecule has 7 nitrogen and oxygen atoms in total. The molecule has 1 atom stereocenters. The van der Waals surface area contributed by atoms with E-state index in [1.165, 1.54) is 26.4 Å². The third-order valence-electron chi connectivity index (χ3n) is 3.92. The SMILES string of the molecule is COc1cc(F)c(C(C#N)Nc2ccc(-c3noc(C)n3)cc2)cc1OC. The van der Waals surface area contributed by atoms with E-state index < -0.39 is 11.9 Å². The molecular formula is C19H17FN4O3. The summed E-state index contributed by atoms with van der Waals surface area (Å²) in [7, 11) is 2.87. The van der Waals surface area contributed by atoms with Crippen LogP contribution in [0.4, 0.5) is 10.1 Å². The molecule has 138 valence electrons. The molecular weight excluding hydrogens is 351 g/mol. The van der Waals surface area contributed by atoms with Gasteiger partial charge in [0.2, 0.25) is 11.7 Å². The summed E-state index contributed by atoms with van der Waals surface area (Å²) in [5, 5.41) is 16.4. The first kappa shape index (κ1) is 18.2. The molecule has 0 radical (unpaired) electrons. The van der Waals surface area contributed by atoms with E-state index in [-0.39, 0.29) is 11.3 Å². The molecule has 0 bridgehead atoms. The molecule has 0 fully saturated rings.